The number of hydrogen-bond donors (Lipinski definition) is 4. The minimum absolute atomic E-state index is 0.0124. The highest BCUT2D eigenvalue weighted by atomic mass is 32.3. The molecule has 3 amide bonds. The molecule has 18 nitrogen and oxygen atoms in total. The lowest BCUT2D eigenvalue weighted by Crippen LogP contribution is -2.39. The summed E-state index contributed by atoms with van der Waals surface area (Å²) in [5.74, 6) is 0.628. The lowest BCUT2D eigenvalue weighted by molar-refractivity contribution is -0.122. The number of methoxy groups -OCH3 is 1. The van der Waals surface area contributed by atoms with Gasteiger partial charge < -0.3 is 29.6 Å². The highest BCUT2D eigenvalue weighted by Crippen LogP contribution is 2.31. The lowest BCUT2D eigenvalue weighted by Gasteiger charge is -2.22. The molecule has 1 atom stereocenters. The van der Waals surface area contributed by atoms with Crippen molar-refractivity contribution in [1.82, 2.24) is 15.5 Å². The molecule has 0 fully saturated rings. The van der Waals surface area contributed by atoms with Crippen LogP contribution in [0.3, 0.4) is 0 Å². The standard InChI is InChI=1S/C41H61N3O15S2/c1-30(2)15-11-7-9-13-17-39(45)42-27-33-19-21-35(37(25-33)54-6)58-41(47)44(29-56-60(48,49)50)23-24-55-38-26-34(20-22-36(38)57-32(5)59-61(51,52)53)28-43-40(46)18-14-10-8-12-16-31(3)4/h11-12,15-16,19-22,25-26,30-32H,7-10,13-14,17-18,23-24,27-29H2,1-6H3,(H,42,45)(H,43,46)(H,48,49,50)(H,51,52,53)/b15-11+,16-12+. The third kappa shape index (κ3) is 24.3. The second-order valence-electron chi connectivity index (χ2n) is 14.5. The molecule has 0 saturated carbocycles. The molecule has 0 bridgehead atoms. The SMILES string of the molecule is COc1cc(CNC(=O)CCCC/C=C/C(C)C)ccc1OC(=O)N(CCOc1cc(CNC(=O)CCCC/C=C/C(C)C)ccc1OC(C)OS(=O)(=O)O)COS(=O)(=O)O. The Bertz CT molecular complexity index is 1970. The van der Waals surface area contributed by atoms with Gasteiger partial charge in [-0.15, -0.1) is 0 Å². The predicted molar refractivity (Wildman–Crippen MR) is 226 cm³/mol. The van der Waals surface area contributed by atoms with Gasteiger partial charge in [0.2, 0.25) is 18.1 Å². The van der Waals surface area contributed by atoms with E-state index in [1.54, 1.807) is 18.2 Å². The van der Waals surface area contributed by atoms with Gasteiger partial charge in [0.15, 0.2) is 23.0 Å². The first kappa shape index (κ1) is 52.4. The third-order valence-electron chi connectivity index (χ3n) is 8.29. The molecule has 2 aromatic rings. The zero-order chi connectivity index (χ0) is 45.4. The van der Waals surface area contributed by atoms with Crippen LogP contribution in [0.5, 0.6) is 23.0 Å². The Balaban J connectivity index is 2.13. The molecule has 2 aromatic carbocycles. The van der Waals surface area contributed by atoms with E-state index >= 15 is 0 Å². The van der Waals surface area contributed by atoms with E-state index in [9.17, 15) is 35.8 Å². The highest BCUT2D eigenvalue weighted by Gasteiger charge is 2.22. The van der Waals surface area contributed by atoms with Gasteiger partial charge in [0.05, 0.1) is 13.7 Å². The molecular formula is C41H61N3O15S2. The lowest BCUT2D eigenvalue weighted by atomic mass is 10.1. The van der Waals surface area contributed by atoms with Crippen molar-refractivity contribution in [3.05, 3.63) is 71.8 Å². The first-order valence-corrected chi connectivity index (χ1v) is 22.7. The molecule has 4 N–H and O–H groups in total. The molecule has 0 saturated heterocycles. The zero-order valence-electron chi connectivity index (χ0n) is 35.7. The number of carbonyl (C=O) groups is 3. The summed E-state index contributed by atoms with van der Waals surface area (Å²) in [6, 6.07) is 9.03. The van der Waals surface area contributed by atoms with E-state index in [4.69, 9.17) is 23.5 Å². The van der Waals surface area contributed by atoms with Gasteiger partial charge in [0, 0.05) is 25.9 Å². The van der Waals surface area contributed by atoms with Gasteiger partial charge in [0.1, 0.15) is 13.3 Å². The Morgan fingerprint density at radius 3 is 1.74 bits per heavy atom. The van der Waals surface area contributed by atoms with Crippen molar-refractivity contribution in [1.29, 1.82) is 0 Å². The van der Waals surface area contributed by atoms with Crippen LogP contribution < -0.4 is 29.6 Å². The molecular weight excluding hydrogens is 839 g/mol. The summed E-state index contributed by atoms with van der Waals surface area (Å²) in [6.45, 7) is 8.06. The van der Waals surface area contributed by atoms with Crippen LogP contribution in [0.1, 0.15) is 97.1 Å². The van der Waals surface area contributed by atoms with Crippen molar-refractivity contribution in [2.45, 2.75) is 105 Å². The van der Waals surface area contributed by atoms with Crippen LogP contribution in [-0.2, 0) is 51.8 Å². The molecule has 61 heavy (non-hydrogen) atoms. The maximum atomic E-state index is 13.4. The Morgan fingerprint density at radius 1 is 0.721 bits per heavy atom. The van der Waals surface area contributed by atoms with Crippen molar-refractivity contribution in [3.8, 4) is 23.0 Å². The van der Waals surface area contributed by atoms with E-state index in [0.717, 1.165) is 37.0 Å². The molecule has 342 valence electrons. The molecule has 0 aliphatic carbocycles. The van der Waals surface area contributed by atoms with Crippen LogP contribution in [0.2, 0.25) is 0 Å². The summed E-state index contributed by atoms with van der Waals surface area (Å²) in [5.41, 5.74) is 1.19. The number of hydrogen-bond acceptors (Lipinski definition) is 13. The van der Waals surface area contributed by atoms with Crippen LogP contribution in [0.25, 0.3) is 0 Å². The van der Waals surface area contributed by atoms with Crippen molar-refractivity contribution >= 4 is 38.7 Å². The largest absolute Gasteiger partial charge is 0.493 e. The van der Waals surface area contributed by atoms with Gasteiger partial charge in [-0.3, -0.25) is 23.6 Å². The number of unbranched alkanes of at least 4 members (excludes halogenated alkanes) is 4. The molecule has 0 aliphatic heterocycles. The van der Waals surface area contributed by atoms with Gasteiger partial charge in [-0.25, -0.2) is 13.2 Å². The Labute approximate surface area is 359 Å². The summed E-state index contributed by atoms with van der Waals surface area (Å²) < 4.78 is 94.9. The number of rotatable bonds is 29. The normalized spacial score (nSPS) is 12.5. The number of nitrogens with one attached hydrogen (secondary N) is 2. The quantitative estimate of drug-likeness (QED) is 0.0288. The first-order valence-electron chi connectivity index (χ1n) is 19.9. The second kappa shape index (κ2) is 27.3. The van der Waals surface area contributed by atoms with E-state index in [-0.39, 0.29) is 54.5 Å². The molecule has 0 aliphatic rings. The van der Waals surface area contributed by atoms with Crippen molar-refractivity contribution in [2.24, 2.45) is 11.8 Å². The maximum absolute atomic E-state index is 13.4. The van der Waals surface area contributed by atoms with Crippen LogP contribution >= 0.6 is 0 Å². The highest BCUT2D eigenvalue weighted by molar-refractivity contribution is 7.81. The summed E-state index contributed by atoms with van der Waals surface area (Å²) in [5, 5.41) is 5.67. The van der Waals surface area contributed by atoms with Gasteiger partial charge in [-0.1, -0.05) is 64.1 Å². The summed E-state index contributed by atoms with van der Waals surface area (Å²) in [7, 11) is -8.56. The monoisotopic (exact) mass is 899 g/mol. The molecule has 1 unspecified atom stereocenters. The maximum Gasteiger partial charge on any atom is 0.417 e. The average Bonchev–Trinajstić information content (AvgIpc) is 3.16. The fourth-order valence-electron chi connectivity index (χ4n) is 5.32. The summed E-state index contributed by atoms with van der Waals surface area (Å²) >= 11 is 0. The van der Waals surface area contributed by atoms with E-state index in [1.165, 1.54) is 32.2 Å². The molecule has 0 aromatic heterocycles. The Kier molecular flexibility index (Phi) is 23.4. The van der Waals surface area contributed by atoms with Gasteiger partial charge >= 0.3 is 26.9 Å². The Hall–Kier alpha value is -4.73. The number of nitrogens with zero attached hydrogens (tertiary/aromatic N) is 1. The van der Waals surface area contributed by atoms with Crippen LogP contribution in [0, 0.1) is 11.8 Å². The van der Waals surface area contributed by atoms with Gasteiger partial charge in [-0.2, -0.15) is 16.8 Å². The van der Waals surface area contributed by atoms with E-state index in [0.29, 0.717) is 42.2 Å². The number of amides is 3. The van der Waals surface area contributed by atoms with Crippen molar-refractivity contribution < 1.29 is 67.6 Å². The van der Waals surface area contributed by atoms with Gasteiger partial charge in [0.25, 0.3) is 0 Å². The molecule has 0 heterocycles. The molecule has 20 heteroatoms. The van der Waals surface area contributed by atoms with E-state index in [1.807, 2.05) is 0 Å². The molecule has 0 radical (unpaired) electrons. The zero-order valence-corrected chi connectivity index (χ0v) is 37.3. The third-order valence-corrected chi connectivity index (χ3v) is 9.21. The number of ether oxygens (including phenoxy) is 4. The topological polar surface area (TPSA) is 243 Å². The van der Waals surface area contributed by atoms with Crippen molar-refractivity contribution in [2.75, 3.05) is 27.0 Å². The fraction of sp³-hybridized carbons (Fsp3) is 0.537. The first-order chi connectivity index (χ1) is 28.7. The minimum Gasteiger partial charge on any atom is -0.493 e. The van der Waals surface area contributed by atoms with E-state index < -0.39 is 46.5 Å². The van der Waals surface area contributed by atoms with E-state index in [2.05, 4.69) is 71.0 Å². The van der Waals surface area contributed by atoms with Crippen LogP contribution in [0.15, 0.2) is 60.7 Å². The second-order valence-corrected chi connectivity index (χ2v) is 16.7. The average molecular weight is 900 g/mol. The van der Waals surface area contributed by atoms with Crippen molar-refractivity contribution in [3.63, 3.8) is 0 Å². The predicted octanol–water partition coefficient (Wildman–Crippen LogP) is 6.67. The summed E-state index contributed by atoms with van der Waals surface area (Å²) in [6.07, 6.45) is 11.4. The smallest absolute Gasteiger partial charge is 0.417 e. The number of allylic oxidation sites excluding steroid dienone is 4. The van der Waals surface area contributed by atoms with Gasteiger partial charge in [-0.05, 0) is 92.7 Å². The fourth-order valence-corrected chi connectivity index (χ4v) is 5.96. The minimum atomic E-state index is -5.01. The van der Waals surface area contributed by atoms with Crippen LogP contribution in [-0.4, -0.2) is 82.0 Å². The molecule has 2 rings (SSSR count). The Morgan fingerprint density at radius 2 is 1.25 bits per heavy atom. The summed E-state index contributed by atoms with van der Waals surface area (Å²) in [4.78, 5) is 39.0. The number of carbonyl (C=O) groups excluding carboxylic acids is 3. The van der Waals surface area contributed by atoms with Crippen LogP contribution in [0.4, 0.5) is 4.79 Å². The molecule has 0 spiro atoms. The number of benzene rings is 2.